The number of nitrogens with zero attached hydrogens (tertiary/aromatic N) is 3. The number of ketones is 1. The highest BCUT2D eigenvalue weighted by molar-refractivity contribution is 7.18. The van der Waals surface area contributed by atoms with Crippen molar-refractivity contribution in [1.82, 2.24) is 14.7 Å². The van der Waals surface area contributed by atoms with Crippen LogP contribution in [0.1, 0.15) is 20.9 Å². The van der Waals surface area contributed by atoms with E-state index in [2.05, 4.69) is 5.10 Å². The molecule has 0 bridgehead atoms. The molecular formula is C17H12ClN3O2S. The third-order valence-corrected chi connectivity index (χ3v) is 5.17. The van der Waals surface area contributed by atoms with Gasteiger partial charge in [-0.05, 0) is 24.3 Å². The van der Waals surface area contributed by atoms with Crippen molar-refractivity contribution in [2.45, 2.75) is 13.1 Å². The fourth-order valence-corrected chi connectivity index (χ4v) is 3.75. The molecule has 1 aromatic carbocycles. The molecule has 0 fully saturated rings. The Morgan fingerprint density at radius 1 is 1.08 bits per heavy atom. The number of benzene rings is 1. The number of carbonyl (C=O) groups is 2. The summed E-state index contributed by atoms with van der Waals surface area (Å²) in [7, 11) is 0. The Labute approximate surface area is 147 Å². The smallest absolute Gasteiger partial charge is 0.296 e. The lowest BCUT2D eigenvalue weighted by Crippen LogP contribution is -2.32. The van der Waals surface area contributed by atoms with Crippen LogP contribution in [0, 0.1) is 0 Å². The van der Waals surface area contributed by atoms with Gasteiger partial charge in [0.2, 0.25) is 0 Å². The summed E-state index contributed by atoms with van der Waals surface area (Å²) in [6, 6.07) is 12.9. The predicted molar refractivity (Wildman–Crippen MR) is 91.5 cm³/mol. The first-order valence-electron chi connectivity index (χ1n) is 7.33. The SMILES string of the molecule is O=C(C(=O)N1Cc2cnn(-c3ccccc3)c2C1)c1ccc(Cl)s1. The van der Waals surface area contributed by atoms with E-state index in [4.69, 9.17) is 11.6 Å². The number of carbonyl (C=O) groups excluding carboxylic acids is 2. The molecule has 1 aliphatic rings. The van der Waals surface area contributed by atoms with E-state index < -0.39 is 11.7 Å². The largest absolute Gasteiger partial charge is 0.325 e. The Hall–Kier alpha value is -2.44. The molecule has 120 valence electrons. The molecular weight excluding hydrogens is 346 g/mol. The molecule has 3 heterocycles. The lowest BCUT2D eigenvalue weighted by atomic mass is 10.3. The van der Waals surface area contributed by atoms with E-state index in [1.54, 1.807) is 23.2 Å². The van der Waals surface area contributed by atoms with Gasteiger partial charge in [0.25, 0.3) is 11.7 Å². The van der Waals surface area contributed by atoms with Gasteiger partial charge in [0.05, 0.1) is 33.3 Å². The summed E-state index contributed by atoms with van der Waals surface area (Å²) >= 11 is 6.96. The minimum Gasteiger partial charge on any atom is -0.325 e. The highest BCUT2D eigenvalue weighted by atomic mass is 35.5. The molecule has 24 heavy (non-hydrogen) atoms. The maximum atomic E-state index is 12.5. The van der Waals surface area contributed by atoms with E-state index >= 15 is 0 Å². The van der Waals surface area contributed by atoms with Crippen molar-refractivity contribution in [3.05, 3.63) is 69.1 Å². The van der Waals surface area contributed by atoms with Gasteiger partial charge in [-0.3, -0.25) is 9.59 Å². The Bertz CT molecular complexity index is 932. The number of rotatable bonds is 3. The standard InChI is InChI=1S/C17H12ClN3O2S/c18-15-7-6-14(24-15)16(22)17(23)20-9-11-8-19-21(13(11)10-20)12-4-2-1-3-5-12/h1-8H,9-10H2. The van der Waals surface area contributed by atoms with Crippen molar-refractivity contribution in [2.24, 2.45) is 0 Å². The maximum absolute atomic E-state index is 12.5. The fourth-order valence-electron chi connectivity index (χ4n) is 2.77. The highest BCUT2D eigenvalue weighted by Crippen LogP contribution is 2.27. The number of Topliss-reactive ketones (excluding diaryl/α,β-unsaturated/α-hetero) is 1. The van der Waals surface area contributed by atoms with Crippen molar-refractivity contribution in [2.75, 3.05) is 0 Å². The van der Waals surface area contributed by atoms with Crippen LogP contribution < -0.4 is 0 Å². The van der Waals surface area contributed by atoms with E-state index in [9.17, 15) is 9.59 Å². The summed E-state index contributed by atoms with van der Waals surface area (Å²) in [5.41, 5.74) is 2.83. The zero-order chi connectivity index (χ0) is 16.7. The molecule has 0 atom stereocenters. The van der Waals surface area contributed by atoms with Crippen molar-refractivity contribution in [3.63, 3.8) is 0 Å². The first-order valence-corrected chi connectivity index (χ1v) is 8.53. The van der Waals surface area contributed by atoms with E-state index in [1.807, 2.05) is 35.0 Å². The third-order valence-electron chi connectivity index (χ3n) is 3.94. The van der Waals surface area contributed by atoms with Gasteiger partial charge in [-0.1, -0.05) is 29.8 Å². The average Bonchev–Trinajstić information content (AvgIpc) is 3.29. The van der Waals surface area contributed by atoms with Crippen LogP contribution in [-0.2, 0) is 17.9 Å². The van der Waals surface area contributed by atoms with Crippen molar-refractivity contribution >= 4 is 34.6 Å². The van der Waals surface area contributed by atoms with Gasteiger partial charge >= 0.3 is 0 Å². The minimum atomic E-state index is -0.517. The van der Waals surface area contributed by atoms with Gasteiger partial charge in [-0.2, -0.15) is 5.10 Å². The number of amides is 1. The number of aromatic nitrogens is 2. The normalized spacial score (nSPS) is 13.1. The molecule has 4 rings (SSSR count). The molecule has 0 unspecified atom stereocenters. The number of para-hydroxylation sites is 1. The van der Waals surface area contributed by atoms with Gasteiger partial charge in [-0.15, -0.1) is 11.3 Å². The van der Waals surface area contributed by atoms with Crippen LogP contribution in [0.15, 0.2) is 48.7 Å². The minimum absolute atomic E-state index is 0.366. The monoisotopic (exact) mass is 357 g/mol. The molecule has 0 spiro atoms. The summed E-state index contributed by atoms with van der Waals surface area (Å²) in [5, 5.41) is 4.39. The van der Waals surface area contributed by atoms with Crippen molar-refractivity contribution in [3.8, 4) is 5.69 Å². The molecule has 5 nitrogen and oxygen atoms in total. The Balaban J connectivity index is 1.57. The summed E-state index contributed by atoms with van der Waals surface area (Å²) in [6.07, 6.45) is 1.75. The molecule has 0 saturated carbocycles. The van der Waals surface area contributed by atoms with Crippen molar-refractivity contribution in [1.29, 1.82) is 0 Å². The van der Waals surface area contributed by atoms with Crippen LogP contribution in [0.4, 0.5) is 0 Å². The van der Waals surface area contributed by atoms with Crippen LogP contribution in [0.5, 0.6) is 0 Å². The van der Waals surface area contributed by atoms with Crippen LogP contribution in [0.25, 0.3) is 5.69 Å². The second-order valence-corrected chi connectivity index (χ2v) is 7.17. The summed E-state index contributed by atoms with van der Waals surface area (Å²) in [5.74, 6) is -1.03. The van der Waals surface area contributed by atoms with E-state index in [0.717, 1.165) is 28.3 Å². The second-order valence-electron chi connectivity index (χ2n) is 5.46. The van der Waals surface area contributed by atoms with Gasteiger partial charge in [0.15, 0.2) is 0 Å². The average molecular weight is 358 g/mol. The fraction of sp³-hybridized carbons (Fsp3) is 0.118. The number of halogens is 1. The first-order chi connectivity index (χ1) is 11.6. The number of fused-ring (bicyclic) bond motifs is 1. The van der Waals surface area contributed by atoms with E-state index in [1.165, 1.54) is 0 Å². The Morgan fingerprint density at radius 3 is 2.58 bits per heavy atom. The Morgan fingerprint density at radius 2 is 1.88 bits per heavy atom. The highest BCUT2D eigenvalue weighted by Gasteiger charge is 2.32. The molecule has 0 saturated heterocycles. The van der Waals surface area contributed by atoms with Crippen molar-refractivity contribution < 1.29 is 9.59 Å². The van der Waals surface area contributed by atoms with Crippen LogP contribution in [0.3, 0.4) is 0 Å². The van der Waals surface area contributed by atoms with E-state index in [-0.39, 0.29) is 0 Å². The van der Waals surface area contributed by atoms with Crippen LogP contribution in [-0.4, -0.2) is 26.4 Å². The predicted octanol–water partition coefficient (Wildman–Crippen LogP) is 3.31. The maximum Gasteiger partial charge on any atom is 0.296 e. The van der Waals surface area contributed by atoms with Gasteiger partial charge < -0.3 is 4.90 Å². The van der Waals surface area contributed by atoms with Gasteiger partial charge in [-0.25, -0.2) is 4.68 Å². The molecule has 2 aromatic heterocycles. The molecule has 0 N–H and O–H groups in total. The second kappa shape index (κ2) is 5.89. The number of hydrogen-bond donors (Lipinski definition) is 0. The molecule has 1 amide bonds. The molecule has 1 aliphatic heterocycles. The quantitative estimate of drug-likeness (QED) is 0.533. The van der Waals surface area contributed by atoms with Crippen LogP contribution in [0.2, 0.25) is 4.34 Å². The summed E-state index contributed by atoms with van der Waals surface area (Å²) in [4.78, 5) is 26.7. The summed E-state index contributed by atoms with van der Waals surface area (Å²) in [6.45, 7) is 0.764. The zero-order valence-corrected chi connectivity index (χ0v) is 14.0. The topological polar surface area (TPSA) is 55.2 Å². The molecule has 0 aliphatic carbocycles. The number of thiophene rings is 1. The lowest BCUT2D eigenvalue weighted by molar-refractivity contribution is -0.127. The third kappa shape index (κ3) is 2.53. The molecule has 7 heteroatoms. The lowest BCUT2D eigenvalue weighted by Gasteiger charge is -2.14. The zero-order valence-electron chi connectivity index (χ0n) is 12.5. The number of hydrogen-bond acceptors (Lipinski definition) is 4. The van der Waals surface area contributed by atoms with Gasteiger partial charge in [0, 0.05) is 12.1 Å². The molecule has 0 radical (unpaired) electrons. The Kier molecular flexibility index (Phi) is 3.70. The van der Waals surface area contributed by atoms with E-state index in [0.29, 0.717) is 22.3 Å². The first kappa shape index (κ1) is 15.1. The summed E-state index contributed by atoms with van der Waals surface area (Å²) < 4.78 is 2.31. The molecule has 3 aromatic rings. The van der Waals surface area contributed by atoms with Gasteiger partial charge in [0.1, 0.15) is 0 Å². The van der Waals surface area contributed by atoms with Crippen LogP contribution >= 0.6 is 22.9 Å².